The molecule has 4 nitrogen and oxygen atoms in total. The molecule has 2 heterocycles. The second-order valence-corrected chi connectivity index (χ2v) is 9.09. The summed E-state index contributed by atoms with van der Waals surface area (Å²) in [6.45, 7) is 1.81. The number of nitrogens with zero attached hydrogens (tertiary/aromatic N) is 1. The number of likely N-dealkylation sites (tertiary alicyclic amines) is 1. The molecule has 2 aromatic rings. The summed E-state index contributed by atoms with van der Waals surface area (Å²) < 4.78 is 5.59. The monoisotopic (exact) mass is 432 g/mol. The van der Waals surface area contributed by atoms with Crippen molar-refractivity contribution in [2.75, 3.05) is 20.2 Å². The molecule has 0 saturated carbocycles. The normalized spacial score (nSPS) is 22.0. The number of amides is 1. The van der Waals surface area contributed by atoms with Crippen molar-refractivity contribution in [3.05, 3.63) is 78.0 Å². The standard InChI is InChI=1S/C28H36N2O2/c1-32-27-14-8-7-13-25(27)23-17-18-29-24(21-23)15-16-26(22-11-5-4-6-12-22)28(31)30-19-9-2-3-10-20-30/h4-8,11-14,17-18,23-24,26,29H,2-3,9-10,15-16,19-21H2,1H3. The summed E-state index contributed by atoms with van der Waals surface area (Å²) in [6, 6.07) is 19.0. The van der Waals surface area contributed by atoms with Gasteiger partial charge in [-0.1, -0.05) is 67.4 Å². The highest BCUT2D eigenvalue weighted by atomic mass is 16.5. The average Bonchev–Trinajstić information content (AvgIpc) is 3.14. The summed E-state index contributed by atoms with van der Waals surface area (Å²) in [5, 5.41) is 3.55. The molecule has 3 atom stereocenters. The van der Waals surface area contributed by atoms with E-state index >= 15 is 0 Å². The molecule has 1 fully saturated rings. The number of allylic oxidation sites excluding steroid dienone is 1. The number of rotatable bonds is 7. The van der Waals surface area contributed by atoms with Gasteiger partial charge in [-0.15, -0.1) is 0 Å². The minimum Gasteiger partial charge on any atom is -0.496 e. The Balaban J connectivity index is 1.45. The third-order valence-electron chi connectivity index (χ3n) is 6.96. The molecule has 0 spiro atoms. The van der Waals surface area contributed by atoms with E-state index in [9.17, 15) is 4.79 Å². The van der Waals surface area contributed by atoms with Crippen LogP contribution in [0.3, 0.4) is 0 Å². The van der Waals surface area contributed by atoms with Gasteiger partial charge in [0.1, 0.15) is 5.75 Å². The van der Waals surface area contributed by atoms with Crippen LogP contribution >= 0.6 is 0 Å². The first-order chi connectivity index (χ1) is 15.8. The Morgan fingerprint density at radius 1 is 1.03 bits per heavy atom. The zero-order chi connectivity index (χ0) is 22.2. The quantitative estimate of drug-likeness (QED) is 0.617. The Morgan fingerprint density at radius 2 is 1.75 bits per heavy atom. The van der Waals surface area contributed by atoms with E-state index in [1.54, 1.807) is 7.11 Å². The van der Waals surface area contributed by atoms with Crippen LogP contribution in [0.1, 0.15) is 67.9 Å². The van der Waals surface area contributed by atoms with Crippen molar-refractivity contribution in [2.45, 2.75) is 62.8 Å². The molecule has 0 bridgehead atoms. The van der Waals surface area contributed by atoms with Gasteiger partial charge in [0.2, 0.25) is 5.91 Å². The molecule has 1 amide bonds. The van der Waals surface area contributed by atoms with Crippen LogP contribution in [0.2, 0.25) is 0 Å². The van der Waals surface area contributed by atoms with Crippen molar-refractivity contribution in [1.29, 1.82) is 0 Å². The van der Waals surface area contributed by atoms with Gasteiger partial charge >= 0.3 is 0 Å². The van der Waals surface area contributed by atoms with Crippen LogP contribution < -0.4 is 10.1 Å². The Bertz CT molecular complexity index is 887. The molecule has 32 heavy (non-hydrogen) atoms. The number of hydrogen-bond acceptors (Lipinski definition) is 3. The van der Waals surface area contributed by atoms with Crippen LogP contribution in [0.4, 0.5) is 0 Å². The van der Waals surface area contributed by atoms with Crippen LogP contribution in [0.25, 0.3) is 0 Å². The Morgan fingerprint density at radius 3 is 2.50 bits per heavy atom. The lowest BCUT2D eigenvalue weighted by atomic mass is 9.85. The lowest BCUT2D eigenvalue weighted by Crippen LogP contribution is -2.37. The maximum atomic E-state index is 13.6. The lowest BCUT2D eigenvalue weighted by molar-refractivity contribution is -0.133. The van der Waals surface area contributed by atoms with Crippen LogP contribution in [0.5, 0.6) is 5.75 Å². The van der Waals surface area contributed by atoms with E-state index in [-0.39, 0.29) is 5.92 Å². The molecule has 2 aliphatic rings. The van der Waals surface area contributed by atoms with Crippen molar-refractivity contribution >= 4 is 5.91 Å². The highest BCUT2D eigenvalue weighted by Gasteiger charge is 2.28. The van der Waals surface area contributed by atoms with Crippen molar-refractivity contribution in [3.63, 3.8) is 0 Å². The highest BCUT2D eigenvalue weighted by molar-refractivity contribution is 5.83. The summed E-state index contributed by atoms with van der Waals surface area (Å²) >= 11 is 0. The van der Waals surface area contributed by atoms with Gasteiger partial charge in [-0.25, -0.2) is 0 Å². The summed E-state index contributed by atoms with van der Waals surface area (Å²) in [6.07, 6.45) is 11.9. The predicted molar refractivity (Wildman–Crippen MR) is 130 cm³/mol. The summed E-state index contributed by atoms with van der Waals surface area (Å²) in [5.41, 5.74) is 2.38. The fourth-order valence-corrected chi connectivity index (χ4v) is 5.16. The molecular weight excluding hydrogens is 396 g/mol. The fourth-order valence-electron chi connectivity index (χ4n) is 5.16. The molecule has 1 saturated heterocycles. The number of hydrogen-bond donors (Lipinski definition) is 1. The molecule has 2 aliphatic heterocycles. The molecule has 0 aromatic heterocycles. The van der Waals surface area contributed by atoms with Crippen molar-refractivity contribution in [3.8, 4) is 5.75 Å². The van der Waals surface area contributed by atoms with Gasteiger partial charge in [0.05, 0.1) is 13.0 Å². The van der Waals surface area contributed by atoms with E-state index in [0.717, 1.165) is 56.5 Å². The molecule has 170 valence electrons. The van der Waals surface area contributed by atoms with Crippen molar-refractivity contribution in [1.82, 2.24) is 10.2 Å². The number of nitrogens with one attached hydrogen (secondary N) is 1. The Kier molecular flexibility index (Phi) is 7.87. The second-order valence-electron chi connectivity index (χ2n) is 9.09. The fraction of sp³-hybridized carbons (Fsp3) is 0.464. The topological polar surface area (TPSA) is 41.6 Å². The number of carbonyl (C=O) groups is 1. The van der Waals surface area contributed by atoms with Gasteiger partial charge in [-0.2, -0.15) is 0 Å². The van der Waals surface area contributed by atoms with Crippen LogP contribution in [-0.4, -0.2) is 37.0 Å². The average molecular weight is 433 g/mol. The molecule has 4 rings (SSSR count). The molecule has 0 radical (unpaired) electrons. The zero-order valence-corrected chi connectivity index (χ0v) is 19.2. The summed E-state index contributed by atoms with van der Waals surface area (Å²) in [5.74, 6) is 1.52. The predicted octanol–water partition coefficient (Wildman–Crippen LogP) is 5.62. The third-order valence-corrected chi connectivity index (χ3v) is 6.96. The summed E-state index contributed by atoms with van der Waals surface area (Å²) in [4.78, 5) is 15.7. The van der Waals surface area contributed by atoms with E-state index < -0.39 is 0 Å². The van der Waals surface area contributed by atoms with Gasteiger partial charge in [0.25, 0.3) is 0 Å². The van der Waals surface area contributed by atoms with Gasteiger partial charge in [0, 0.05) is 30.6 Å². The number of ether oxygens (including phenoxy) is 1. The zero-order valence-electron chi connectivity index (χ0n) is 19.2. The number of carbonyl (C=O) groups excluding carboxylic acids is 1. The van der Waals surface area contributed by atoms with Crippen LogP contribution in [0, 0.1) is 0 Å². The molecular formula is C28H36N2O2. The van der Waals surface area contributed by atoms with Gasteiger partial charge in [-0.3, -0.25) is 4.79 Å². The van der Waals surface area contributed by atoms with Crippen molar-refractivity contribution in [2.24, 2.45) is 0 Å². The lowest BCUT2D eigenvalue weighted by Gasteiger charge is -2.30. The molecule has 3 unspecified atom stereocenters. The Hall–Kier alpha value is -2.75. The van der Waals surface area contributed by atoms with Gasteiger partial charge in [0.15, 0.2) is 0 Å². The maximum absolute atomic E-state index is 13.6. The molecule has 4 heteroatoms. The third kappa shape index (κ3) is 5.53. The van der Waals surface area contributed by atoms with E-state index in [4.69, 9.17) is 4.74 Å². The van der Waals surface area contributed by atoms with E-state index in [1.165, 1.54) is 18.4 Å². The minimum absolute atomic E-state index is 0.0632. The first-order valence-corrected chi connectivity index (χ1v) is 12.2. The number of para-hydroxylation sites is 1. The van der Waals surface area contributed by atoms with E-state index in [0.29, 0.717) is 17.9 Å². The van der Waals surface area contributed by atoms with Crippen LogP contribution in [-0.2, 0) is 4.79 Å². The number of methoxy groups -OCH3 is 1. The second kappa shape index (κ2) is 11.2. The molecule has 1 N–H and O–H groups in total. The van der Waals surface area contributed by atoms with Crippen LogP contribution in [0.15, 0.2) is 66.9 Å². The highest BCUT2D eigenvalue weighted by Crippen LogP contribution is 2.34. The molecule has 0 aliphatic carbocycles. The first-order valence-electron chi connectivity index (χ1n) is 12.2. The van der Waals surface area contributed by atoms with Crippen molar-refractivity contribution < 1.29 is 9.53 Å². The van der Waals surface area contributed by atoms with E-state index in [2.05, 4.69) is 58.9 Å². The first kappa shape index (κ1) is 22.4. The largest absolute Gasteiger partial charge is 0.496 e. The summed E-state index contributed by atoms with van der Waals surface area (Å²) in [7, 11) is 1.74. The number of benzene rings is 2. The van der Waals surface area contributed by atoms with Gasteiger partial charge in [-0.05, 0) is 49.9 Å². The van der Waals surface area contributed by atoms with Gasteiger partial charge < -0.3 is 15.0 Å². The van der Waals surface area contributed by atoms with E-state index in [1.807, 2.05) is 18.2 Å². The SMILES string of the molecule is COc1ccccc1C1C=CNC(CCC(C(=O)N2CCCCCC2)c2ccccc2)C1. The maximum Gasteiger partial charge on any atom is 0.230 e. The Labute approximate surface area is 192 Å². The molecule has 2 aromatic carbocycles. The minimum atomic E-state index is -0.0632. The smallest absolute Gasteiger partial charge is 0.230 e.